The van der Waals surface area contributed by atoms with Gasteiger partial charge in [0, 0.05) is 33.4 Å². The van der Waals surface area contributed by atoms with Crippen molar-refractivity contribution in [2.24, 2.45) is 0 Å². The molecule has 6 heteroatoms. The van der Waals surface area contributed by atoms with Gasteiger partial charge < -0.3 is 14.4 Å². The van der Waals surface area contributed by atoms with Crippen LogP contribution in [0.2, 0.25) is 0 Å². The van der Waals surface area contributed by atoms with Gasteiger partial charge in [-0.3, -0.25) is 14.5 Å². The Kier molecular flexibility index (Phi) is 7.16. The lowest BCUT2D eigenvalue weighted by Crippen LogP contribution is -2.40. The SMILES string of the molecule is COCCN(CCOC)C1=C(c2ccc(C)cc2C)C(=O)N(C(C)C)C1=O. The van der Waals surface area contributed by atoms with E-state index in [-0.39, 0.29) is 17.9 Å². The Hall–Kier alpha value is -2.18. The predicted molar refractivity (Wildman–Crippen MR) is 105 cm³/mol. The number of nitrogens with zero attached hydrogens (tertiary/aromatic N) is 2. The smallest absolute Gasteiger partial charge is 0.278 e. The normalized spacial score (nSPS) is 14.7. The van der Waals surface area contributed by atoms with Crippen LogP contribution in [0, 0.1) is 13.8 Å². The van der Waals surface area contributed by atoms with Gasteiger partial charge in [-0.2, -0.15) is 0 Å². The van der Waals surface area contributed by atoms with Gasteiger partial charge in [0.25, 0.3) is 11.8 Å². The minimum absolute atomic E-state index is 0.213. The number of imide groups is 1. The fraction of sp³-hybridized carbons (Fsp3) is 0.524. The topological polar surface area (TPSA) is 59.1 Å². The molecule has 148 valence electrons. The van der Waals surface area contributed by atoms with Crippen LogP contribution in [0.4, 0.5) is 0 Å². The van der Waals surface area contributed by atoms with Crippen molar-refractivity contribution in [2.75, 3.05) is 40.5 Å². The molecule has 0 fully saturated rings. The van der Waals surface area contributed by atoms with Gasteiger partial charge >= 0.3 is 0 Å². The van der Waals surface area contributed by atoms with E-state index in [0.29, 0.717) is 37.6 Å². The number of carbonyl (C=O) groups is 2. The lowest BCUT2D eigenvalue weighted by Gasteiger charge is -2.26. The summed E-state index contributed by atoms with van der Waals surface area (Å²) in [5, 5.41) is 0. The van der Waals surface area contributed by atoms with Gasteiger partial charge in [-0.1, -0.05) is 23.8 Å². The molecule has 0 unspecified atom stereocenters. The Bertz CT molecular complexity index is 732. The highest BCUT2D eigenvalue weighted by atomic mass is 16.5. The number of hydrogen-bond acceptors (Lipinski definition) is 5. The van der Waals surface area contributed by atoms with E-state index >= 15 is 0 Å². The van der Waals surface area contributed by atoms with Gasteiger partial charge in [0.1, 0.15) is 5.70 Å². The summed E-state index contributed by atoms with van der Waals surface area (Å²) in [6.45, 7) is 9.62. The summed E-state index contributed by atoms with van der Waals surface area (Å²) in [7, 11) is 3.24. The lowest BCUT2D eigenvalue weighted by molar-refractivity contribution is -0.139. The molecule has 0 saturated heterocycles. The van der Waals surface area contributed by atoms with Crippen LogP contribution in [-0.4, -0.2) is 68.2 Å². The molecule has 0 aliphatic carbocycles. The largest absolute Gasteiger partial charge is 0.383 e. The van der Waals surface area contributed by atoms with Crippen LogP contribution in [0.3, 0.4) is 0 Å². The Morgan fingerprint density at radius 1 is 1.00 bits per heavy atom. The third-order valence-electron chi connectivity index (χ3n) is 4.71. The van der Waals surface area contributed by atoms with Crippen LogP contribution < -0.4 is 0 Å². The molecule has 1 aromatic rings. The molecule has 0 saturated carbocycles. The van der Waals surface area contributed by atoms with Gasteiger partial charge in [0.15, 0.2) is 0 Å². The summed E-state index contributed by atoms with van der Waals surface area (Å²) >= 11 is 0. The minimum Gasteiger partial charge on any atom is -0.383 e. The van der Waals surface area contributed by atoms with Crippen LogP contribution in [-0.2, 0) is 19.1 Å². The highest BCUT2D eigenvalue weighted by Crippen LogP contribution is 2.34. The van der Waals surface area contributed by atoms with Crippen LogP contribution in [0.1, 0.15) is 30.5 Å². The molecule has 0 aromatic heterocycles. The second-order valence-electron chi connectivity index (χ2n) is 7.09. The molecule has 1 aliphatic rings. The number of aryl methyl sites for hydroxylation is 2. The van der Waals surface area contributed by atoms with Gasteiger partial charge in [-0.25, -0.2) is 0 Å². The van der Waals surface area contributed by atoms with Crippen molar-refractivity contribution < 1.29 is 19.1 Å². The molecule has 1 aliphatic heterocycles. The molecule has 0 N–H and O–H groups in total. The summed E-state index contributed by atoms with van der Waals surface area (Å²) < 4.78 is 10.4. The van der Waals surface area contributed by atoms with Gasteiger partial charge in [0.05, 0.1) is 18.8 Å². The van der Waals surface area contributed by atoms with Crippen molar-refractivity contribution in [3.8, 4) is 0 Å². The molecule has 0 radical (unpaired) electrons. The van der Waals surface area contributed by atoms with Crippen molar-refractivity contribution in [1.29, 1.82) is 0 Å². The fourth-order valence-corrected chi connectivity index (χ4v) is 3.37. The van der Waals surface area contributed by atoms with Crippen molar-refractivity contribution in [1.82, 2.24) is 9.80 Å². The van der Waals surface area contributed by atoms with Crippen molar-refractivity contribution >= 4 is 17.4 Å². The average molecular weight is 374 g/mol. The summed E-state index contributed by atoms with van der Waals surface area (Å²) in [5.41, 5.74) is 3.81. The summed E-state index contributed by atoms with van der Waals surface area (Å²) in [5.74, 6) is -0.492. The second-order valence-corrected chi connectivity index (χ2v) is 7.09. The second kappa shape index (κ2) is 9.15. The zero-order valence-corrected chi connectivity index (χ0v) is 17.2. The van der Waals surface area contributed by atoms with Crippen LogP contribution in [0.5, 0.6) is 0 Å². The van der Waals surface area contributed by atoms with Gasteiger partial charge in [-0.05, 0) is 38.8 Å². The van der Waals surface area contributed by atoms with Crippen LogP contribution in [0.25, 0.3) is 5.57 Å². The molecule has 0 bridgehead atoms. The van der Waals surface area contributed by atoms with E-state index in [0.717, 1.165) is 16.7 Å². The van der Waals surface area contributed by atoms with Gasteiger partial charge in [-0.15, -0.1) is 0 Å². The Balaban J connectivity index is 2.62. The van der Waals surface area contributed by atoms with E-state index < -0.39 is 0 Å². The average Bonchev–Trinajstić information content (AvgIpc) is 2.86. The number of rotatable bonds is 9. The molecule has 6 nitrogen and oxygen atoms in total. The number of methoxy groups -OCH3 is 2. The lowest BCUT2D eigenvalue weighted by atomic mass is 9.97. The third kappa shape index (κ3) is 4.39. The zero-order valence-electron chi connectivity index (χ0n) is 17.2. The fourth-order valence-electron chi connectivity index (χ4n) is 3.37. The Labute approximate surface area is 161 Å². The number of hydrogen-bond donors (Lipinski definition) is 0. The highest BCUT2D eigenvalue weighted by Gasteiger charge is 2.42. The summed E-state index contributed by atoms with van der Waals surface area (Å²) in [6.07, 6.45) is 0. The number of amides is 2. The summed E-state index contributed by atoms with van der Waals surface area (Å²) in [6, 6.07) is 5.72. The van der Waals surface area contributed by atoms with Gasteiger partial charge in [0.2, 0.25) is 0 Å². The molecule has 1 heterocycles. The Morgan fingerprint density at radius 3 is 2.07 bits per heavy atom. The molecule has 0 atom stereocenters. The number of benzene rings is 1. The molecule has 2 amide bonds. The molecule has 27 heavy (non-hydrogen) atoms. The third-order valence-corrected chi connectivity index (χ3v) is 4.71. The van der Waals surface area contributed by atoms with E-state index in [1.165, 1.54) is 4.90 Å². The summed E-state index contributed by atoms with van der Waals surface area (Å²) in [4.78, 5) is 29.7. The Morgan fingerprint density at radius 2 is 1.59 bits per heavy atom. The van der Waals surface area contributed by atoms with Crippen LogP contribution >= 0.6 is 0 Å². The van der Waals surface area contributed by atoms with E-state index in [4.69, 9.17) is 9.47 Å². The zero-order chi connectivity index (χ0) is 20.1. The van der Waals surface area contributed by atoms with Crippen molar-refractivity contribution in [2.45, 2.75) is 33.7 Å². The van der Waals surface area contributed by atoms with E-state index in [2.05, 4.69) is 0 Å². The number of carbonyl (C=O) groups excluding carboxylic acids is 2. The monoisotopic (exact) mass is 374 g/mol. The van der Waals surface area contributed by atoms with E-state index in [1.54, 1.807) is 14.2 Å². The quantitative estimate of drug-likeness (QED) is 0.621. The first-order valence-electron chi connectivity index (χ1n) is 9.26. The van der Waals surface area contributed by atoms with Crippen LogP contribution in [0.15, 0.2) is 23.9 Å². The van der Waals surface area contributed by atoms with E-state index in [9.17, 15) is 9.59 Å². The minimum atomic E-state index is -0.253. The molecule has 0 spiro atoms. The molecule has 2 rings (SSSR count). The maximum atomic E-state index is 13.2. The molecule has 1 aromatic carbocycles. The highest BCUT2D eigenvalue weighted by molar-refractivity contribution is 6.35. The first kappa shape index (κ1) is 21.1. The first-order valence-corrected chi connectivity index (χ1v) is 9.26. The molecular weight excluding hydrogens is 344 g/mol. The first-order chi connectivity index (χ1) is 12.8. The standard InChI is InChI=1S/C21H30N2O4/c1-14(2)23-20(24)18(17-8-7-15(3)13-16(17)4)19(21(23)25)22(9-11-26-5)10-12-27-6/h7-8,13-14H,9-12H2,1-6H3. The number of ether oxygens (including phenoxy) is 2. The van der Waals surface area contributed by atoms with Crippen molar-refractivity contribution in [3.05, 3.63) is 40.6 Å². The molecular formula is C21H30N2O4. The van der Waals surface area contributed by atoms with Crippen molar-refractivity contribution in [3.63, 3.8) is 0 Å². The predicted octanol–water partition coefficient (Wildman–Crippen LogP) is 2.39. The maximum absolute atomic E-state index is 13.2. The van der Waals surface area contributed by atoms with E-state index in [1.807, 2.05) is 50.8 Å². The maximum Gasteiger partial charge on any atom is 0.278 e.